The number of fused-ring (bicyclic) bond motifs is 1. The second kappa shape index (κ2) is 5.60. The highest BCUT2D eigenvalue weighted by Crippen LogP contribution is 2.40. The average Bonchev–Trinajstić information content (AvgIpc) is 2.36. The van der Waals surface area contributed by atoms with E-state index in [1.807, 2.05) is 6.20 Å². The maximum absolute atomic E-state index is 4.59. The van der Waals surface area contributed by atoms with Crippen molar-refractivity contribution >= 4 is 32.5 Å². The van der Waals surface area contributed by atoms with E-state index < -0.39 is 0 Å². The van der Waals surface area contributed by atoms with Crippen molar-refractivity contribution < 1.29 is 0 Å². The van der Waals surface area contributed by atoms with E-state index in [2.05, 4.69) is 71.3 Å². The summed E-state index contributed by atoms with van der Waals surface area (Å²) >= 11 is 3.50. The minimum atomic E-state index is 0.427. The predicted molar refractivity (Wildman–Crippen MR) is 93.6 cm³/mol. The summed E-state index contributed by atoms with van der Waals surface area (Å²) in [5.74, 6) is 0.781. The van der Waals surface area contributed by atoms with E-state index in [9.17, 15) is 0 Å². The van der Waals surface area contributed by atoms with Crippen LogP contribution in [0.3, 0.4) is 0 Å². The Morgan fingerprint density at radius 1 is 1.29 bits per heavy atom. The highest BCUT2D eigenvalue weighted by molar-refractivity contribution is 9.10. The van der Waals surface area contributed by atoms with Gasteiger partial charge in [0.2, 0.25) is 0 Å². The Hall–Kier alpha value is -1.09. The lowest BCUT2D eigenvalue weighted by Crippen LogP contribution is -2.35. The van der Waals surface area contributed by atoms with Crippen LogP contribution in [0.1, 0.15) is 40.0 Å². The van der Waals surface area contributed by atoms with Crippen molar-refractivity contribution in [1.29, 1.82) is 0 Å². The van der Waals surface area contributed by atoms with Gasteiger partial charge in [0.25, 0.3) is 0 Å². The Balaban J connectivity index is 1.88. The van der Waals surface area contributed by atoms with Gasteiger partial charge in [-0.2, -0.15) is 0 Å². The summed E-state index contributed by atoms with van der Waals surface area (Å²) in [6.45, 7) is 7.14. The quantitative estimate of drug-likeness (QED) is 0.762. The van der Waals surface area contributed by atoms with Gasteiger partial charge in [-0.25, -0.2) is 0 Å². The Kier molecular flexibility index (Phi) is 3.96. The zero-order chi connectivity index (χ0) is 15.0. The number of halogens is 1. The fraction of sp³-hybridized carbons (Fsp3) is 0.500. The van der Waals surface area contributed by atoms with E-state index in [-0.39, 0.29) is 0 Å². The van der Waals surface area contributed by atoms with Crippen molar-refractivity contribution in [1.82, 2.24) is 4.98 Å². The van der Waals surface area contributed by atoms with E-state index in [0.29, 0.717) is 11.5 Å². The lowest BCUT2D eigenvalue weighted by molar-refractivity contribution is 0.178. The Morgan fingerprint density at radius 2 is 2.10 bits per heavy atom. The first-order chi connectivity index (χ1) is 9.93. The van der Waals surface area contributed by atoms with Crippen LogP contribution in [0.5, 0.6) is 0 Å². The van der Waals surface area contributed by atoms with Gasteiger partial charge in [0, 0.05) is 22.1 Å². The predicted octanol–water partition coefficient (Wildman–Crippen LogP) is 5.62. The molecule has 0 radical (unpaired) electrons. The first-order valence-electron chi connectivity index (χ1n) is 7.74. The van der Waals surface area contributed by atoms with E-state index in [0.717, 1.165) is 21.6 Å². The molecule has 112 valence electrons. The third-order valence-corrected chi connectivity index (χ3v) is 4.86. The van der Waals surface area contributed by atoms with Crippen molar-refractivity contribution in [3.8, 4) is 0 Å². The van der Waals surface area contributed by atoms with Crippen molar-refractivity contribution in [2.75, 3.05) is 5.32 Å². The third-order valence-electron chi connectivity index (χ3n) is 4.42. The summed E-state index contributed by atoms with van der Waals surface area (Å²) in [5.41, 5.74) is 2.66. The van der Waals surface area contributed by atoms with Crippen LogP contribution in [-0.2, 0) is 0 Å². The molecular weight excluding hydrogens is 324 g/mol. The fourth-order valence-corrected chi connectivity index (χ4v) is 4.28. The van der Waals surface area contributed by atoms with Crippen molar-refractivity contribution in [2.45, 2.75) is 46.1 Å². The minimum Gasteiger partial charge on any atom is -0.381 e. The minimum absolute atomic E-state index is 0.427. The maximum atomic E-state index is 4.59. The van der Waals surface area contributed by atoms with Gasteiger partial charge >= 0.3 is 0 Å². The highest BCUT2D eigenvalue weighted by atomic mass is 79.9. The SMILES string of the molecule is CC1CC(Nc2cccc3cc(Br)cnc23)CC(C)(C)C1. The molecule has 0 saturated heterocycles. The number of pyridine rings is 1. The standard InChI is InChI=1S/C18H23BrN2/c1-12-7-15(10-18(2,3)9-12)21-16-6-4-5-13-8-14(19)11-20-17(13)16/h4-6,8,11-12,15,21H,7,9-10H2,1-3H3. The molecule has 3 heteroatoms. The van der Waals surface area contributed by atoms with Crippen LogP contribution in [0.2, 0.25) is 0 Å². The van der Waals surface area contributed by atoms with Crippen LogP contribution in [0.15, 0.2) is 34.9 Å². The summed E-state index contributed by atoms with van der Waals surface area (Å²) < 4.78 is 1.03. The Labute approximate surface area is 135 Å². The molecule has 21 heavy (non-hydrogen) atoms. The zero-order valence-corrected chi connectivity index (χ0v) is 14.6. The van der Waals surface area contributed by atoms with E-state index >= 15 is 0 Å². The molecule has 2 atom stereocenters. The lowest BCUT2D eigenvalue weighted by atomic mass is 9.70. The third kappa shape index (κ3) is 3.39. The average molecular weight is 347 g/mol. The van der Waals surface area contributed by atoms with Crippen molar-refractivity contribution in [3.05, 3.63) is 34.9 Å². The molecule has 0 spiro atoms. The molecule has 1 saturated carbocycles. The molecule has 1 heterocycles. The van der Waals surface area contributed by atoms with Crippen molar-refractivity contribution in [3.63, 3.8) is 0 Å². The topological polar surface area (TPSA) is 24.9 Å². The van der Waals surface area contributed by atoms with Crippen LogP contribution in [0.4, 0.5) is 5.69 Å². The molecule has 1 aliphatic rings. The first-order valence-corrected chi connectivity index (χ1v) is 8.53. The van der Waals surface area contributed by atoms with Crippen LogP contribution < -0.4 is 5.32 Å². The molecule has 1 aromatic heterocycles. The van der Waals surface area contributed by atoms with Crippen LogP contribution in [-0.4, -0.2) is 11.0 Å². The number of benzene rings is 1. The fourth-order valence-electron chi connectivity index (χ4n) is 3.93. The first kappa shape index (κ1) is 14.8. The molecular formula is C18H23BrN2. The van der Waals surface area contributed by atoms with Gasteiger partial charge < -0.3 is 5.32 Å². The van der Waals surface area contributed by atoms with E-state index in [1.165, 1.54) is 24.6 Å². The van der Waals surface area contributed by atoms with E-state index in [4.69, 9.17) is 0 Å². The molecule has 1 aliphatic carbocycles. The highest BCUT2D eigenvalue weighted by Gasteiger charge is 2.32. The number of aromatic nitrogens is 1. The number of hydrogen-bond acceptors (Lipinski definition) is 2. The number of nitrogens with one attached hydrogen (secondary N) is 1. The van der Waals surface area contributed by atoms with Gasteiger partial charge in [-0.1, -0.05) is 32.9 Å². The second-order valence-electron chi connectivity index (χ2n) is 7.29. The van der Waals surface area contributed by atoms with Crippen LogP contribution in [0, 0.1) is 11.3 Å². The van der Waals surface area contributed by atoms with Gasteiger partial charge in [-0.05, 0) is 58.7 Å². The number of para-hydroxylation sites is 1. The summed E-state index contributed by atoms with van der Waals surface area (Å²) in [6, 6.07) is 9.04. The number of hydrogen-bond donors (Lipinski definition) is 1. The second-order valence-corrected chi connectivity index (χ2v) is 8.20. The summed E-state index contributed by atoms with van der Waals surface area (Å²) in [4.78, 5) is 4.59. The molecule has 1 N–H and O–H groups in total. The molecule has 2 unspecified atom stereocenters. The summed E-state index contributed by atoms with van der Waals surface area (Å²) in [7, 11) is 0. The normalized spacial score (nSPS) is 25.0. The molecule has 2 aromatic rings. The van der Waals surface area contributed by atoms with Crippen molar-refractivity contribution in [2.24, 2.45) is 11.3 Å². The van der Waals surface area contributed by atoms with Gasteiger partial charge in [0.15, 0.2) is 0 Å². The van der Waals surface area contributed by atoms with Gasteiger partial charge in [0.05, 0.1) is 11.2 Å². The largest absolute Gasteiger partial charge is 0.381 e. The molecule has 0 amide bonds. The number of nitrogens with zero attached hydrogens (tertiary/aromatic N) is 1. The summed E-state index contributed by atoms with van der Waals surface area (Å²) in [6.07, 6.45) is 5.67. The summed E-state index contributed by atoms with van der Waals surface area (Å²) in [5, 5.41) is 4.93. The van der Waals surface area contributed by atoms with Gasteiger partial charge in [0.1, 0.15) is 0 Å². The molecule has 1 aromatic carbocycles. The van der Waals surface area contributed by atoms with Gasteiger partial charge in [-0.3, -0.25) is 4.98 Å². The smallest absolute Gasteiger partial charge is 0.0934 e. The molecule has 0 bridgehead atoms. The monoisotopic (exact) mass is 346 g/mol. The Bertz CT molecular complexity index is 651. The molecule has 1 fully saturated rings. The van der Waals surface area contributed by atoms with Gasteiger partial charge in [-0.15, -0.1) is 0 Å². The molecule has 3 rings (SSSR count). The Morgan fingerprint density at radius 3 is 2.86 bits per heavy atom. The number of rotatable bonds is 2. The lowest BCUT2D eigenvalue weighted by Gasteiger charge is -2.39. The maximum Gasteiger partial charge on any atom is 0.0934 e. The number of anilines is 1. The zero-order valence-electron chi connectivity index (χ0n) is 13.0. The van der Waals surface area contributed by atoms with Crippen LogP contribution >= 0.6 is 15.9 Å². The van der Waals surface area contributed by atoms with Crippen LogP contribution in [0.25, 0.3) is 10.9 Å². The van der Waals surface area contributed by atoms with E-state index in [1.54, 1.807) is 0 Å². The molecule has 2 nitrogen and oxygen atoms in total. The molecule has 0 aliphatic heterocycles.